The molecule has 0 radical (unpaired) electrons. The van der Waals surface area contributed by atoms with Gasteiger partial charge in [0.15, 0.2) is 0 Å². The van der Waals surface area contributed by atoms with Gasteiger partial charge in [0.2, 0.25) is 0 Å². The molecule has 1 unspecified atom stereocenters. The van der Waals surface area contributed by atoms with Gasteiger partial charge in [0.25, 0.3) is 5.69 Å². The third-order valence-corrected chi connectivity index (χ3v) is 3.98. The number of anilines is 1. The van der Waals surface area contributed by atoms with Crippen molar-refractivity contribution in [3.63, 3.8) is 0 Å². The van der Waals surface area contributed by atoms with Gasteiger partial charge in [-0.15, -0.1) is 0 Å². The Bertz CT molecular complexity index is 570. The number of rotatable bonds is 6. The van der Waals surface area contributed by atoms with Crippen molar-refractivity contribution < 1.29 is 14.5 Å². The van der Waals surface area contributed by atoms with E-state index in [0.717, 1.165) is 32.4 Å². The second kappa shape index (κ2) is 7.92. The Labute approximate surface area is 135 Å². The lowest BCUT2D eigenvalue weighted by Crippen LogP contribution is -2.34. The van der Waals surface area contributed by atoms with E-state index in [1.54, 1.807) is 19.1 Å². The van der Waals surface area contributed by atoms with Gasteiger partial charge >= 0.3 is 5.97 Å². The SMILES string of the molecule is CCOC(=O)C(N)Cc1ccc(N2CCCCC2)c([N+](=O)[O-])c1. The number of piperidine rings is 1. The first kappa shape index (κ1) is 17.2. The summed E-state index contributed by atoms with van der Waals surface area (Å²) in [7, 11) is 0. The molecule has 2 rings (SSSR count). The monoisotopic (exact) mass is 321 g/mol. The molecule has 7 nitrogen and oxygen atoms in total. The van der Waals surface area contributed by atoms with Gasteiger partial charge in [-0.25, -0.2) is 0 Å². The highest BCUT2D eigenvalue weighted by atomic mass is 16.6. The van der Waals surface area contributed by atoms with Crippen LogP contribution < -0.4 is 10.6 Å². The summed E-state index contributed by atoms with van der Waals surface area (Å²) in [6.45, 7) is 3.65. The van der Waals surface area contributed by atoms with E-state index in [-0.39, 0.29) is 23.6 Å². The lowest BCUT2D eigenvalue weighted by atomic mass is 10.0. The van der Waals surface area contributed by atoms with Crippen molar-refractivity contribution in [1.29, 1.82) is 0 Å². The fourth-order valence-electron chi connectivity index (χ4n) is 2.83. The van der Waals surface area contributed by atoms with Gasteiger partial charge in [-0.1, -0.05) is 6.07 Å². The summed E-state index contributed by atoms with van der Waals surface area (Å²) in [6.07, 6.45) is 3.48. The number of carbonyl (C=O) groups is 1. The van der Waals surface area contributed by atoms with Crippen LogP contribution in [0.3, 0.4) is 0 Å². The van der Waals surface area contributed by atoms with Crippen molar-refractivity contribution in [1.82, 2.24) is 0 Å². The van der Waals surface area contributed by atoms with Crippen LogP contribution in [0.25, 0.3) is 0 Å². The second-order valence-corrected chi connectivity index (χ2v) is 5.69. The molecule has 0 amide bonds. The molecule has 1 aromatic carbocycles. The van der Waals surface area contributed by atoms with Crippen molar-refractivity contribution >= 4 is 17.3 Å². The largest absolute Gasteiger partial charge is 0.465 e. The summed E-state index contributed by atoms with van der Waals surface area (Å²) in [4.78, 5) is 24.7. The zero-order valence-corrected chi connectivity index (χ0v) is 13.4. The summed E-state index contributed by atoms with van der Waals surface area (Å²) in [5, 5.41) is 11.4. The third kappa shape index (κ3) is 4.41. The Morgan fingerprint density at radius 2 is 2.09 bits per heavy atom. The fraction of sp³-hybridized carbons (Fsp3) is 0.562. The average molecular weight is 321 g/mol. The highest BCUT2D eigenvalue weighted by Gasteiger charge is 2.23. The number of hydrogen-bond donors (Lipinski definition) is 1. The minimum absolute atomic E-state index is 0.0699. The van der Waals surface area contributed by atoms with Crippen LogP contribution >= 0.6 is 0 Å². The molecule has 7 heteroatoms. The minimum atomic E-state index is -0.810. The average Bonchev–Trinajstić information content (AvgIpc) is 2.55. The quantitative estimate of drug-likeness (QED) is 0.489. The predicted molar refractivity (Wildman–Crippen MR) is 87.5 cm³/mol. The molecular formula is C16H23N3O4. The number of ether oxygens (including phenoxy) is 1. The molecule has 1 aromatic rings. The lowest BCUT2D eigenvalue weighted by Gasteiger charge is -2.28. The van der Waals surface area contributed by atoms with Crippen molar-refractivity contribution in [2.24, 2.45) is 5.73 Å². The summed E-state index contributed by atoms with van der Waals surface area (Å²) >= 11 is 0. The molecular weight excluding hydrogens is 298 g/mol. The second-order valence-electron chi connectivity index (χ2n) is 5.69. The Morgan fingerprint density at radius 3 is 2.70 bits per heavy atom. The topological polar surface area (TPSA) is 98.7 Å². The van der Waals surface area contributed by atoms with Crippen LogP contribution in [-0.4, -0.2) is 36.6 Å². The molecule has 0 aromatic heterocycles. The number of nitro benzene ring substituents is 1. The van der Waals surface area contributed by atoms with E-state index in [1.165, 1.54) is 6.07 Å². The Hall–Kier alpha value is -2.15. The van der Waals surface area contributed by atoms with E-state index in [1.807, 2.05) is 0 Å². The van der Waals surface area contributed by atoms with Crippen molar-refractivity contribution in [2.45, 2.75) is 38.6 Å². The zero-order valence-electron chi connectivity index (χ0n) is 13.4. The van der Waals surface area contributed by atoms with E-state index < -0.39 is 12.0 Å². The summed E-state index contributed by atoms with van der Waals surface area (Å²) in [6, 6.07) is 4.27. The number of nitro groups is 1. The van der Waals surface area contributed by atoms with Gasteiger partial charge in [-0.3, -0.25) is 14.9 Å². The molecule has 1 heterocycles. The van der Waals surface area contributed by atoms with Crippen LogP contribution in [0, 0.1) is 10.1 Å². The Morgan fingerprint density at radius 1 is 1.39 bits per heavy atom. The Kier molecular flexibility index (Phi) is 5.92. The molecule has 1 aliphatic rings. The predicted octanol–water partition coefficient (Wildman–Crippen LogP) is 2.02. The van der Waals surface area contributed by atoms with Gasteiger partial charge < -0.3 is 15.4 Å². The molecule has 1 aliphatic heterocycles. The number of nitrogens with two attached hydrogens (primary N) is 1. The van der Waals surface area contributed by atoms with Gasteiger partial charge in [0.05, 0.1) is 11.5 Å². The van der Waals surface area contributed by atoms with E-state index >= 15 is 0 Å². The number of carbonyl (C=O) groups excluding carboxylic acids is 1. The molecule has 0 bridgehead atoms. The third-order valence-electron chi connectivity index (χ3n) is 3.98. The first-order valence-electron chi connectivity index (χ1n) is 7.97. The molecule has 23 heavy (non-hydrogen) atoms. The van der Waals surface area contributed by atoms with Crippen LogP contribution in [0.1, 0.15) is 31.7 Å². The molecule has 1 fully saturated rings. The maximum absolute atomic E-state index is 11.6. The van der Waals surface area contributed by atoms with Gasteiger partial charge in [-0.05, 0) is 44.2 Å². The first-order valence-corrected chi connectivity index (χ1v) is 7.97. The zero-order chi connectivity index (χ0) is 16.8. The van der Waals surface area contributed by atoms with Crippen LogP contribution in [-0.2, 0) is 16.0 Å². The Balaban J connectivity index is 2.18. The molecule has 1 saturated heterocycles. The molecule has 0 aliphatic carbocycles. The van der Waals surface area contributed by atoms with Gasteiger partial charge in [-0.2, -0.15) is 0 Å². The van der Waals surface area contributed by atoms with Crippen LogP contribution in [0.5, 0.6) is 0 Å². The summed E-state index contributed by atoms with van der Waals surface area (Å²) in [5.74, 6) is -0.490. The van der Waals surface area contributed by atoms with E-state index in [0.29, 0.717) is 11.3 Å². The van der Waals surface area contributed by atoms with E-state index in [9.17, 15) is 14.9 Å². The standard InChI is InChI=1S/C16H23N3O4/c1-2-23-16(20)13(17)10-12-6-7-14(15(11-12)19(21)22)18-8-4-3-5-9-18/h6-7,11,13H,2-5,8-10,17H2,1H3. The number of hydrogen-bond acceptors (Lipinski definition) is 6. The number of benzene rings is 1. The molecule has 126 valence electrons. The number of esters is 1. The van der Waals surface area contributed by atoms with E-state index in [2.05, 4.69) is 4.90 Å². The highest BCUT2D eigenvalue weighted by Crippen LogP contribution is 2.31. The van der Waals surface area contributed by atoms with Crippen LogP contribution in [0.2, 0.25) is 0 Å². The highest BCUT2D eigenvalue weighted by molar-refractivity contribution is 5.76. The summed E-state index contributed by atoms with van der Waals surface area (Å²) < 4.78 is 4.87. The van der Waals surface area contributed by atoms with E-state index in [4.69, 9.17) is 10.5 Å². The number of nitrogens with zero attached hydrogens (tertiary/aromatic N) is 2. The molecule has 1 atom stereocenters. The molecule has 2 N–H and O–H groups in total. The smallest absolute Gasteiger partial charge is 0.323 e. The molecule has 0 saturated carbocycles. The summed E-state index contributed by atoms with van der Waals surface area (Å²) in [5.41, 5.74) is 7.16. The lowest BCUT2D eigenvalue weighted by molar-refractivity contribution is -0.384. The molecule has 0 spiro atoms. The van der Waals surface area contributed by atoms with Gasteiger partial charge in [0.1, 0.15) is 11.7 Å². The van der Waals surface area contributed by atoms with Crippen molar-refractivity contribution in [3.8, 4) is 0 Å². The van der Waals surface area contributed by atoms with Gasteiger partial charge in [0, 0.05) is 19.2 Å². The van der Waals surface area contributed by atoms with Crippen molar-refractivity contribution in [2.75, 3.05) is 24.6 Å². The normalized spacial score (nSPS) is 16.0. The van der Waals surface area contributed by atoms with Crippen molar-refractivity contribution in [3.05, 3.63) is 33.9 Å². The first-order chi connectivity index (χ1) is 11.0. The van der Waals surface area contributed by atoms with Crippen LogP contribution in [0.15, 0.2) is 18.2 Å². The van der Waals surface area contributed by atoms with Crippen LogP contribution in [0.4, 0.5) is 11.4 Å². The fourth-order valence-corrected chi connectivity index (χ4v) is 2.83. The maximum Gasteiger partial charge on any atom is 0.323 e. The minimum Gasteiger partial charge on any atom is -0.465 e. The maximum atomic E-state index is 11.6.